The van der Waals surface area contributed by atoms with Crippen molar-refractivity contribution in [2.75, 3.05) is 13.6 Å². The summed E-state index contributed by atoms with van der Waals surface area (Å²) in [5.41, 5.74) is 0.574. The van der Waals surface area contributed by atoms with E-state index in [4.69, 9.17) is 4.74 Å². The average molecular weight is 275 g/mol. The first-order valence-electron chi connectivity index (χ1n) is 7.24. The summed E-state index contributed by atoms with van der Waals surface area (Å²) in [6.07, 6.45) is 0.807. The molecule has 110 valence electrons. The molecular formula is C17H25NO2. The van der Waals surface area contributed by atoms with Crippen LogP contribution in [0.5, 0.6) is 0 Å². The van der Waals surface area contributed by atoms with E-state index in [1.165, 1.54) is 6.92 Å². The molecule has 0 aromatic heterocycles. The van der Waals surface area contributed by atoms with Crippen molar-refractivity contribution in [3.8, 4) is 0 Å². The molecule has 1 aliphatic rings. The molecule has 1 aromatic carbocycles. The van der Waals surface area contributed by atoms with Gasteiger partial charge in [0.15, 0.2) is 0 Å². The van der Waals surface area contributed by atoms with E-state index in [1.54, 1.807) is 0 Å². The number of rotatable bonds is 2. The van der Waals surface area contributed by atoms with E-state index in [0.717, 1.165) is 18.5 Å². The lowest BCUT2D eigenvalue weighted by Gasteiger charge is -2.53. The second-order valence-electron chi connectivity index (χ2n) is 6.62. The average Bonchev–Trinajstić information content (AvgIpc) is 2.36. The zero-order valence-electron chi connectivity index (χ0n) is 13.1. The molecule has 2 rings (SSSR count). The summed E-state index contributed by atoms with van der Waals surface area (Å²) >= 11 is 0. The van der Waals surface area contributed by atoms with E-state index in [1.807, 2.05) is 18.2 Å². The Bertz CT molecular complexity index is 483. The van der Waals surface area contributed by atoms with Crippen LogP contribution in [0.1, 0.15) is 39.7 Å². The Labute approximate surface area is 121 Å². The number of carbonyl (C=O) groups excluding carboxylic acids is 1. The molecule has 1 fully saturated rings. The van der Waals surface area contributed by atoms with E-state index in [-0.39, 0.29) is 17.4 Å². The number of likely N-dealkylation sites (tertiary alicyclic amines) is 1. The highest BCUT2D eigenvalue weighted by Gasteiger charge is 2.50. The molecule has 1 aliphatic heterocycles. The minimum atomic E-state index is -0.525. The molecule has 20 heavy (non-hydrogen) atoms. The van der Waals surface area contributed by atoms with Gasteiger partial charge in [0.2, 0.25) is 0 Å². The molecule has 0 amide bonds. The van der Waals surface area contributed by atoms with Crippen molar-refractivity contribution < 1.29 is 9.53 Å². The van der Waals surface area contributed by atoms with Crippen LogP contribution in [0.25, 0.3) is 0 Å². The molecule has 0 N–H and O–H groups in total. The molecule has 0 bridgehead atoms. The van der Waals surface area contributed by atoms with Crippen LogP contribution in [0.2, 0.25) is 0 Å². The minimum absolute atomic E-state index is 0.00218. The zero-order valence-corrected chi connectivity index (χ0v) is 13.1. The highest BCUT2D eigenvalue weighted by Crippen LogP contribution is 2.46. The van der Waals surface area contributed by atoms with Gasteiger partial charge in [-0.1, -0.05) is 37.3 Å². The molecule has 3 heteroatoms. The van der Waals surface area contributed by atoms with Gasteiger partial charge in [-0.3, -0.25) is 4.79 Å². The van der Waals surface area contributed by atoms with Gasteiger partial charge in [0.05, 0.1) is 0 Å². The number of hydrogen-bond donors (Lipinski definition) is 0. The first-order chi connectivity index (χ1) is 9.28. The summed E-state index contributed by atoms with van der Waals surface area (Å²) in [4.78, 5) is 14.0. The zero-order chi connectivity index (χ0) is 15.0. The maximum atomic E-state index is 11.7. The van der Waals surface area contributed by atoms with Crippen molar-refractivity contribution in [2.24, 2.45) is 5.92 Å². The minimum Gasteiger partial charge on any atom is -0.454 e. The second kappa shape index (κ2) is 5.21. The topological polar surface area (TPSA) is 29.5 Å². The van der Waals surface area contributed by atoms with Gasteiger partial charge in [0, 0.05) is 31.3 Å². The van der Waals surface area contributed by atoms with Crippen LogP contribution in [0.15, 0.2) is 30.3 Å². The van der Waals surface area contributed by atoms with Crippen LogP contribution >= 0.6 is 0 Å². The van der Waals surface area contributed by atoms with Gasteiger partial charge < -0.3 is 9.64 Å². The van der Waals surface area contributed by atoms with Gasteiger partial charge in [-0.2, -0.15) is 0 Å². The molecule has 0 saturated carbocycles. The van der Waals surface area contributed by atoms with Crippen LogP contribution < -0.4 is 0 Å². The smallest absolute Gasteiger partial charge is 0.303 e. The fourth-order valence-electron chi connectivity index (χ4n) is 3.32. The molecule has 1 aromatic rings. The fraction of sp³-hybridized carbons (Fsp3) is 0.588. The maximum absolute atomic E-state index is 11.7. The Hall–Kier alpha value is -1.35. The first-order valence-corrected chi connectivity index (χ1v) is 7.24. The Kier molecular flexibility index (Phi) is 3.92. The third kappa shape index (κ3) is 2.59. The number of piperidine rings is 1. The van der Waals surface area contributed by atoms with Crippen LogP contribution in [0.4, 0.5) is 0 Å². The Balaban J connectivity index is 2.49. The molecule has 0 aliphatic carbocycles. The van der Waals surface area contributed by atoms with Gasteiger partial charge in [0.1, 0.15) is 5.60 Å². The van der Waals surface area contributed by atoms with Crippen molar-refractivity contribution in [3.63, 3.8) is 0 Å². The van der Waals surface area contributed by atoms with Crippen LogP contribution in [0, 0.1) is 5.92 Å². The van der Waals surface area contributed by atoms with E-state index in [2.05, 4.69) is 44.9 Å². The normalized spacial score (nSPS) is 29.9. The van der Waals surface area contributed by atoms with E-state index in [9.17, 15) is 4.79 Å². The summed E-state index contributed by atoms with van der Waals surface area (Å²) in [5, 5.41) is 0. The van der Waals surface area contributed by atoms with Crippen LogP contribution in [0.3, 0.4) is 0 Å². The quantitative estimate of drug-likeness (QED) is 0.776. The number of hydrogen-bond acceptors (Lipinski definition) is 3. The predicted molar refractivity (Wildman–Crippen MR) is 80.4 cm³/mol. The van der Waals surface area contributed by atoms with E-state index < -0.39 is 5.60 Å². The van der Waals surface area contributed by atoms with Crippen molar-refractivity contribution in [2.45, 2.75) is 45.3 Å². The third-order valence-electron chi connectivity index (χ3n) is 4.66. The molecule has 2 unspecified atom stereocenters. The molecule has 3 nitrogen and oxygen atoms in total. The van der Waals surface area contributed by atoms with Crippen molar-refractivity contribution >= 4 is 5.97 Å². The van der Waals surface area contributed by atoms with Gasteiger partial charge in [-0.15, -0.1) is 0 Å². The summed E-state index contributed by atoms with van der Waals surface area (Å²) in [7, 11) is 2.14. The lowest BCUT2D eigenvalue weighted by atomic mass is 9.70. The molecule has 0 spiro atoms. The number of esters is 1. The standard InChI is InChI=1S/C17H25NO2/c1-13-11-18(5)16(3,4)12-17(13,20-14(2)19)15-9-7-6-8-10-15/h6-10,13H,11-12H2,1-5H3. The third-order valence-corrected chi connectivity index (χ3v) is 4.66. The monoisotopic (exact) mass is 275 g/mol. The molecule has 1 heterocycles. The Morgan fingerprint density at radius 1 is 1.30 bits per heavy atom. The predicted octanol–water partition coefficient (Wildman–Crippen LogP) is 3.20. The molecule has 2 atom stereocenters. The summed E-state index contributed by atoms with van der Waals surface area (Å²) in [5.74, 6) is 0.0490. The summed E-state index contributed by atoms with van der Waals surface area (Å²) in [6.45, 7) is 9.00. The van der Waals surface area contributed by atoms with Gasteiger partial charge >= 0.3 is 5.97 Å². The molecule has 0 radical (unpaired) electrons. The lowest BCUT2D eigenvalue weighted by Crippen LogP contribution is -2.58. The largest absolute Gasteiger partial charge is 0.454 e. The SMILES string of the molecule is CC(=O)OC1(c2ccccc2)CC(C)(C)N(C)CC1C. The highest BCUT2D eigenvalue weighted by atomic mass is 16.6. The lowest BCUT2D eigenvalue weighted by molar-refractivity contribution is -0.181. The van der Waals surface area contributed by atoms with Crippen molar-refractivity contribution in [1.82, 2.24) is 4.90 Å². The first kappa shape index (κ1) is 15.0. The van der Waals surface area contributed by atoms with Gasteiger partial charge in [-0.05, 0) is 26.5 Å². The number of ether oxygens (including phenoxy) is 1. The summed E-state index contributed by atoms with van der Waals surface area (Å²) in [6, 6.07) is 10.2. The summed E-state index contributed by atoms with van der Waals surface area (Å²) < 4.78 is 5.90. The fourth-order valence-corrected chi connectivity index (χ4v) is 3.32. The Morgan fingerprint density at radius 2 is 1.90 bits per heavy atom. The van der Waals surface area contributed by atoms with Gasteiger partial charge in [-0.25, -0.2) is 0 Å². The second-order valence-corrected chi connectivity index (χ2v) is 6.62. The number of nitrogens with zero attached hydrogens (tertiary/aromatic N) is 1. The molecule has 1 saturated heterocycles. The number of benzene rings is 1. The van der Waals surface area contributed by atoms with Crippen molar-refractivity contribution in [1.29, 1.82) is 0 Å². The maximum Gasteiger partial charge on any atom is 0.303 e. The van der Waals surface area contributed by atoms with E-state index in [0.29, 0.717) is 0 Å². The van der Waals surface area contributed by atoms with Crippen molar-refractivity contribution in [3.05, 3.63) is 35.9 Å². The van der Waals surface area contributed by atoms with Crippen LogP contribution in [-0.4, -0.2) is 30.0 Å². The molecular weight excluding hydrogens is 250 g/mol. The number of carbonyl (C=O) groups is 1. The highest BCUT2D eigenvalue weighted by molar-refractivity contribution is 5.67. The van der Waals surface area contributed by atoms with Crippen LogP contribution in [-0.2, 0) is 15.1 Å². The van der Waals surface area contributed by atoms with E-state index >= 15 is 0 Å². The van der Waals surface area contributed by atoms with Gasteiger partial charge in [0.25, 0.3) is 0 Å². The Morgan fingerprint density at radius 3 is 2.45 bits per heavy atom.